The van der Waals surface area contributed by atoms with Gasteiger partial charge in [-0.2, -0.15) is 0 Å². The summed E-state index contributed by atoms with van der Waals surface area (Å²) in [5.74, 6) is 0. The maximum Gasteiger partial charge on any atom is 0.179 e. The molecular weight excluding hydrogens is 314 g/mol. The highest BCUT2D eigenvalue weighted by Gasteiger charge is 2.05. The lowest BCUT2D eigenvalue weighted by Gasteiger charge is -2.04. The number of halogens is 1. The Balaban J connectivity index is 2.08. The Hall–Kier alpha value is -0.720. The second-order valence-corrected chi connectivity index (χ2v) is 5.37. The van der Waals surface area contributed by atoms with Crippen LogP contribution in [0.15, 0.2) is 16.7 Å². The van der Waals surface area contributed by atoms with Gasteiger partial charge in [0.25, 0.3) is 0 Å². The number of rotatable bonds is 6. The number of aromatic amines is 1. The minimum Gasteiger partial charge on any atom is -0.381 e. The zero-order valence-corrected chi connectivity index (χ0v) is 12.7. The molecule has 0 aliphatic rings. The molecule has 1 N–H and O–H groups in total. The molecule has 0 aromatic carbocycles. The SMILES string of the molecule is CCCOCCCn1c(=S)[nH]c2cc(Br)cnc21. The number of ether oxygens (including phenoxy) is 1. The molecule has 2 aromatic heterocycles. The average Bonchev–Trinajstić information content (AvgIpc) is 2.64. The van der Waals surface area contributed by atoms with Crippen LogP contribution in [-0.2, 0) is 11.3 Å². The summed E-state index contributed by atoms with van der Waals surface area (Å²) < 4.78 is 9.15. The van der Waals surface area contributed by atoms with Crippen molar-refractivity contribution in [2.24, 2.45) is 0 Å². The summed E-state index contributed by atoms with van der Waals surface area (Å²) in [6.45, 7) is 4.53. The highest BCUT2D eigenvalue weighted by Crippen LogP contribution is 2.17. The molecule has 0 spiro atoms. The van der Waals surface area contributed by atoms with Crippen molar-refractivity contribution >= 4 is 39.3 Å². The number of imidazole rings is 1. The van der Waals surface area contributed by atoms with Crippen molar-refractivity contribution < 1.29 is 4.74 Å². The van der Waals surface area contributed by atoms with Gasteiger partial charge in [0.1, 0.15) is 0 Å². The standard InChI is InChI=1S/C12H16BrN3OS/c1-2-5-17-6-3-4-16-11-10(15-12(16)18)7-9(13)8-14-11/h7-8H,2-6H2,1H3,(H,15,18). The van der Waals surface area contributed by atoms with E-state index in [1.165, 1.54) is 0 Å². The first-order valence-electron chi connectivity index (χ1n) is 6.04. The Kier molecular flexibility index (Phi) is 4.91. The topological polar surface area (TPSA) is 42.8 Å². The van der Waals surface area contributed by atoms with E-state index in [1.54, 1.807) is 6.20 Å². The molecule has 0 unspecified atom stereocenters. The van der Waals surface area contributed by atoms with Crippen LogP contribution in [0, 0.1) is 4.77 Å². The Morgan fingerprint density at radius 2 is 2.33 bits per heavy atom. The van der Waals surface area contributed by atoms with E-state index in [9.17, 15) is 0 Å². The Morgan fingerprint density at radius 3 is 3.11 bits per heavy atom. The fourth-order valence-electron chi connectivity index (χ4n) is 1.80. The van der Waals surface area contributed by atoms with Gasteiger partial charge >= 0.3 is 0 Å². The number of hydrogen-bond acceptors (Lipinski definition) is 3. The maximum atomic E-state index is 5.47. The van der Waals surface area contributed by atoms with E-state index in [0.717, 1.165) is 48.2 Å². The first-order chi connectivity index (χ1) is 8.72. The van der Waals surface area contributed by atoms with E-state index >= 15 is 0 Å². The minimum absolute atomic E-state index is 0.714. The van der Waals surface area contributed by atoms with Crippen molar-refractivity contribution in [1.29, 1.82) is 0 Å². The summed E-state index contributed by atoms with van der Waals surface area (Å²) >= 11 is 8.71. The Morgan fingerprint density at radius 1 is 1.50 bits per heavy atom. The van der Waals surface area contributed by atoms with Gasteiger partial charge in [0.05, 0.1) is 5.52 Å². The quantitative estimate of drug-likeness (QED) is 0.649. The van der Waals surface area contributed by atoms with Crippen LogP contribution < -0.4 is 0 Å². The molecule has 6 heteroatoms. The molecule has 2 rings (SSSR count). The van der Waals surface area contributed by atoms with Crippen LogP contribution in [0.3, 0.4) is 0 Å². The van der Waals surface area contributed by atoms with Gasteiger partial charge in [0.2, 0.25) is 0 Å². The van der Waals surface area contributed by atoms with E-state index in [4.69, 9.17) is 17.0 Å². The molecule has 0 aliphatic heterocycles. The zero-order valence-electron chi connectivity index (χ0n) is 10.3. The molecule has 0 bridgehead atoms. The molecule has 0 aliphatic carbocycles. The third kappa shape index (κ3) is 3.18. The predicted octanol–water partition coefficient (Wildman–Crippen LogP) is 3.67. The van der Waals surface area contributed by atoms with Crippen molar-refractivity contribution in [1.82, 2.24) is 14.5 Å². The van der Waals surface area contributed by atoms with E-state index in [0.29, 0.717) is 4.77 Å². The summed E-state index contributed by atoms with van der Waals surface area (Å²) in [6, 6.07) is 1.99. The summed E-state index contributed by atoms with van der Waals surface area (Å²) in [7, 11) is 0. The van der Waals surface area contributed by atoms with Gasteiger partial charge in [-0.05, 0) is 47.1 Å². The average molecular weight is 330 g/mol. The second-order valence-electron chi connectivity index (χ2n) is 4.07. The number of pyridine rings is 1. The number of fused-ring (bicyclic) bond motifs is 1. The molecule has 0 fully saturated rings. The largest absolute Gasteiger partial charge is 0.381 e. The summed E-state index contributed by atoms with van der Waals surface area (Å²) in [5.41, 5.74) is 1.86. The number of nitrogens with one attached hydrogen (secondary N) is 1. The van der Waals surface area contributed by atoms with Crippen LogP contribution in [0.4, 0.5) is 0 Å². The molecule has 0 radical (unpaired) electrons. The molecule has 2 aromatic rings. The van der Waals surface area contributed by atoms with Crippen molar-refractivity contribution in [3.63, 3.8) is 0 Å². The fraction of sp³-hybridized carbons (Fsp3) is 0.500. The maximum absolute atomic E-state index is 5.47. The summed E-state index contributed by atoms with van der Waals surface area (Å²) in [6.07, 6.45) is 3.79. The van der Waals surface area contributed by atoms with Crippen LogP contribution in [-0.4, -0.2) is 27.7 Å². The number of H-pyrrole nitrogens is 1. The summed E-state index contributed by atoms with van der Waals surface area (Å²) in [4.78, 5) is 7.56. The molecule has 98 valence electrons. The monoisotopic (exact) mass is 329 g/mol. The first kappa shape index (κ1) is 13.7. The summed E-state index contributed by atoms with van der Waals surface area (Å²) in [5, 5.41) is 0. The second kappa shape index (κ2) is 6.45. The number of nitrogens with zero attached hydrogens (tertiary/aromatic N) is 2. The third-order valence-electron chi connectivity index (χ3n) is 2.59. The van der Waals surface area contributed by atoms with Crippen LogP contribution in [0.1, 0.15) is 19.8 Å². The first-order valence-corrected chi connectivity index (χ1v) is 7.24. The van der Waals surface area contributed by atoms with Gasteiger partial charge in [-0.25, -0.2) is 4.98 Å². The van der Waals surface area contributed by atoms with Crippen molar-refractivity contribution in [2.45, 2.75) is 26.3 Å². The minimum atomic E-state index is 0.714. The molecule has 18 heavy (non-hydrogen) atoms. The van der Waals surface area contributed by atoms with Crippen LogP contribution in [0.5, 0.6) is 0 Å². The molecule has 2 heterocycles. The van der Waals surface area contributed by atoms with E-state index in [1.807, 2.05) is 10.6 Å². The van der Waals surface area contributed by atoms with Crippen LogP contribution >= 0.6 is 28.1 Å². The van der Waals surface area contributed by atoms with Gasteiger partial charge in [0, 0.05) is 30.4 Å². The lowest BCUT2D eigenvalue weighted by atomic mass is 10.4. The van der Waals surface area contributed by atoms with E-state index in [2.05, 4.69) is 32.8 Å². The van der Waals surface area contributed by atoms with Crippen molar-refractivity contribution in [2.75, 3.05) is 13.2 Å². The van der Waals surface area contributed by atoms with Crippen molar-refractivity contribution in [3.8, 4) is 0 Å². The Bertz CT molecular complexity index is 578. The van der Waals surface area contributed by atoms with Gasteiger partial charge < -0.3 is 14.3 Å². The van der Waals surface area contributed by atoms with Gasteiger partial charge in [0.15, 0.2) is 10.4 Å². The van der Waals surface area contributed by atoms with Crippen LogP contribution in [0.2, 0.25) is 0 Å². The van der Waals surface area contributed by atoms with Gasteiger partial charge in [-0.3, -0.25) is 0 Å². The normalized spacial score (nSPS) is 11.2. The predicted molar refractivity (Wildman–Crippen MR) is 78.3 cm³/mol. The third-order valence-corrected chi connectivity index (χ3v) is 3.35. The lowest BCUT2D eigenvalue weighted by molar-refractivity contribution is 0.129. The fourth-order valence-corrected chi connectivity index (χ4v) is 2.42. The smallest absolute Gasteiger partial charge is 0.179 e. The highest BCUT2D eigenvalue weighted by molar-refractivity contribution is 9.10. The molecule has 0 saturated heterocycles. The molecule has 0 saturated carbocycles. The van der Waals surface area contributed by atoms with Crippen molar-refractivity contribution in [3.05, 3.63) is 21.5 Å². The number of aromatic nitrogens is 3. The molecular formula is C12H16BrN3OS. The van der Waals surface area contributed by atoms with E-state index < -0.39 is 0 Å². The number of hydrogen-bond donors (Lipinski definition) is 1. The zero-order chi connectivity index (χ0) is 13.0. The Labute approximate surface area is 120 Å². The van der Waals surface area contributed by atoms with Gasteiger partial charge in [-0.15, -0.1) is 0 Å². The van der Waals surface area contributed by atoms with E-state index in [-0.39, 0.29) is 0 Å². The molecule has 0 amide bonds. The van der Waals surface area contributed by atoms with Gasteiger partial charge in [-0.1, -0.05) is 6.92 Å². The molecule has 0 atom stereocenters. The lowest BCUT2D eigenvalue weighted by Crippen LogP contribution is -2.04. The van der Waals surface area contributed by atoms with Crippen LogP contribution in [0.25, 0.3) is 11.2 Å². The molecule has 4 nitrogen and oxygen atoms in total. The number of aryl methyl sites for hydroxylation is 1. The highest BCUT2D eigenvalue weighted by atomic mass is 79.9.